The number of piperazine rings is 1. The number of carbonyl (C=O) groups is 2. The molecule has 2 heterocycles. The van der Waals surface area contributed by atoms with E-state index in [1.54, 1.807) is 17.0 Å². The topological polar surface area (TPSA) is 59.1 Å². The van der Waals surface area contributed by atoms with Crippen LogP contribution in [0, 0.1) is 5.82 Å². The maximum absolute atomic E-state index is 13.7. The average molecular weight is 398 g/mol. The van der Waals surface area contributed by atoms with Crippen molar-refractivity contribution < 1.29 is 23.5 Å². The molecule has 2 aromatic carbocycles. The Morgan fingerprint density at radius 3 is 2.48 bits per heavy atom. The van der Waals surface area contributed by atoms with E-state index < -0.39 is 5.82 Å². The maximum atomic E-state index is 13.7. The van der Waals surface area contributed by atoms with Gasteiger partial charge in [-0.05, 0) is 29.8 Å². The Morgan fingerprint density at radius 1 is 0.931 bits per heavy atom. The molecule has 152 valence electrons. The molecule has 1 fully saturated rings. The van der Waals surface area contributed by atoms with Crippen molar-refractivity contribution in [2.24, 2.45) is 0 Å². The highest BCUT2D eigenvalue weighted by molar-refractivity contribution is 5.98. The van der Waals surface area contributed by atoms with Crippen molar-refractivity contribution in [2.45, 2.75) is 19.4 Å². The van der Waals surface area contributed by atoms with E-state index in [1.165, 1.54) is 12.1 Å². The van der Waals surface area contributed by atoms with Crippen LogP contribution < -0.4 is 9.47 Å². The third-order valence-electron chi connectivity index (χ3n) is 5.31. The monoisotopic (exact) mass is 398 g/mol. The Kier molecular flexibility index (Phi) is 5.76. The fourth-order valence-corrected chi connectivity index (χ4v) is 3.65. The molecule has 6 nitrogen and oxygen atoms in total. The zero-order chi connectivity index (χ0) is 20.2. The first-order chi connectivity index (χ1) is 14.1. The molecule has 29 heavy (non-hydrogen) atoms. The van der Waals surface area contributed by atoms with Gasteiger partial charge >= 0.3 is 0 Å². The van der Waals surface area contributed by atoms with E-state index in [4.69, 9.17) is 9.47 Å². The molecule has 0 spiro atoms. The van der Waals surface area contributed by atoms with Gasteiger partial charge in [-0.25, -0.2) is 4.39 Å². The van der Waals surface area contributed by atoms with Crippen LogP contribution in [0.2, 0.25) is 0 Å². The fourth-order valence-electron chi connectivity index (χ4n) is 3.65. The lowest BCUT2D eigenvalue weighted by atomic mass is 10.1. The summed E-state index contributed by atoms with van der Waals surface area (Å²) in [5, 5.41) is 0. The molecule has 7 heteroatoms. The normalized spacial score (nSPS) is 16.1. The molecule has 0 atom stereocenters. The second kappa shape index (κ2) is 8.61. The Bertz CT molecular complexity index is 909. The summed E-state index contributed by atoms with van der Waals surface area (Å²) in [7, 11) is 0. The van der Waals surface area contributed by atoms with E-state index in [9.17, 15) is 14.0 Å². The molecular formula is C22H23FN2O4. The average Bonchev–Trinajstić information content (AvgIpc) is 3.20. The Hall–Kier alpha value is -2.93. The minimum Gasteiger partial charge on any atom is -0.454 e. The Labute approximate surface area is 168 Å². The molecule has 0 aromatic heterocycles. The first kappa shape index (κ1) is 19.4. The first-order valence-electron chi connectivity index (χ1n) is 9.76. The molecule has 0 radical (unpaired) electrons. The molecule has 1 amide bonds. The van der Waals surface area contributed by atoms with Crippen LogP contribution in [-0.2, 0) is 11.3 Å². The molecule has 2 aromatic rings. The number of ketones is 1. The van der Waals surface area contributed by atoms with E-state index in [-0.39, 0.29) is 36.9 Å². The van der Waals surface area contributed by atoms with E-state index in [0.29, 0.717) is 13.1 Å². The van der Waals surface area contributed by atoms with Crippen molar-refractivity contribution in [1.29, 1.82) is 0 Å². The SMILES string of the molecule is O=C(CCC(=O)N1CCN(Cc2ccc3c(c2)OCO3)CC1)c1ccccc1F. The third-order valence-corrected chi connectivity index (χ3v) is 5.31. The third kappa shape index (κ3) is 4.56. The zero-order valence-electron chi connectivity index (χ0n) is 16.1. The van der Waals surface area contributed by atoms with Crippen LogP contribution in [0.25, 0.3) is 0 Å². The Morgan fingerprint density at radius 2 is 1.69 bits per heavy atom. The van der Waals surface area contributed by atoms with Crippen LogP contribution in [0.3, 0.4) is 0 Å². The largest absolute Gasteiger partial charge is 0.454 e. The number of fused-ring (bicyclic) bond motifs is 1. The van der Waals surface area contributed by atoms with E-state index in [0.717, 1.165) is 36.7 Å². The van der Waals surface area contributed by atoms with Gasteiger partial charge in [0, 0.05) is 45.6 Å². The number of carbonyl (C=O) groups excluding carboxylic acids is 2. The predicted octanol–water partition coefficient (Wildman–Crippen LogP) is 2.86. The Balaban J connectivity index is 1.23. The number of halogens is 1. The van der Waals surface area contributed by atoms with Gasteiger partial charge in [0.05, 0.1) is 5.56 Å². The minimum absolute atomic E-state index is 0.0250. The lowest BCUT2D eigenvalue weighted by Gasteiger charge is -2.34. The van der Waals surface area contributed by atoms with E-state index in [2.05, 4.69) is 4.90 Å². The van der Waals surface area contributed by atoms with Gasteiger partial charge in [0.25, 0.3) is 0 Å². The van der Waals surface area contributed by atoms with Crippen LogP contribution in [0.15, 0.2) is 42.5 Å². The number of Topliss-reactive ketones (excluding diaryl/α,β-unsaturated/α-hetero) is 1. The molecule has 2 aliphatic heterocycles. The number of nitrogens with zero attached hydrogens (tertiary/aromatic N) is 2. The molecular weight excluding hydrogens is 375 g/mol. The highest BCUT2D eigenvalue weighted by Crippen LogP contribution is 2.32. The molecule has 0 bridgehead atoms. The highest BCUT2D eigenvalue weighted by Gasteiger charge is 2.23. The van der Waals surface area contributed by atoms with Crippen molar-refractivity contribution in [3.63, 3.8) is 0 Å². The van der Waals surface area contributed by atoms with Gasteiger partial charge < -0.3 is 14.4 Å². The van der Waals surface area contributed by atoms with Crippen LogP contribution in [0.5, 0.6) is 11.5 Å². The molecule has 0 saturated carbocycles. The fraction of sp³-hybridized carbons (Fsp3) is 0.364. The standard InChI is InChI=1S/C22H23FN2O4/c23-18-4-2-1-3-17(18)19(26)6-8-22(27)25-11-9-24(10-12-25)14-16-5-7-20-21(13-16)29-15-28-20/h1-5,7,13H,6,8-12,14-15H2. The van der Waals surface area contributed by atoms with E-state index >= 15 is 0 Å². The maximum Gasteiger partial charge on any atom is 0.231 e. The summed E-state index contributed by atoms with van der Waals surface area (Å²) in [5.41, 5.74) is 1.19. The highest BCUT2D eigenvalue weighted by atomic mass is 19.1. The number of hydrogen-bond acceptors (Lipinski definition) is 5. The molecule has 4 rings (SSSR count). The summed E-state index contributed by atoms with van der Waals surface area (Å²) in [6, 6.07) is 11.8. The lowest BCUT2D eigenvalue weighted by Crippen LogP contribution is -2.48. The van der Waals surface area contributed by atoms with Gasteiger partial charge in [-0.2, -0.15) is 0 Å². The van der Waals surface area contributed by atoms with Crippen LogP contribution in [0.4, 0.5) is 4.39 Å². The number of rotatable bonds is 6. The van der Waals surface area contributed by atoms with Crippen molar-refractivity contribution in [3.8, 4) is 11.5 Å². The van der Waals surface area contributed by atoms with E-state index in [1.807, 2.05) is 18.2 Å². The first-order valence-corrected chi connectivity index (χ1v) is 9.76. The summed E-state index contributed by atoms with van der Waals surface area (Å²) in [6.45, 7) is 3.82. The smallest absolute Gasteiger partial charge is 0.231 e. The lowest BCUT2D eigenvalue weighted by molar-refractivity contribution is -0.133. The summed E-state index contributed by atoms with van der Waals surface area (Å²) < 4.78 is 24.4. The number of ether oxygens (including phenoxy) is 2. The van der Waals surface area contributed by atoms with Gasteiger partial charge in [0.15, 0.2) is 17.3 Å². The molecule has 1 saturated heterocycles. The van der Waals surface area contributed by atoms with Gasteiger partial charge in [-0.3, -0.25) is 14.5 Å². The number of hydrogen-bond donors (Lipinski definition) is 0. The molecule has 0 aliphatic carbocycles. The van der Waals surface area contributed by atoms with Gasteiger partial charge in [-0.1, -0.05) is 18.2 Å². The zero-order valence-corrected chi connectivity index (χ0v) is 16.1. The molecule has 0 unspecified atom stereocenters. The van der Waals surface area contributed by atoms with Crippen molar-refractivity contribution >= 4 is 11.7 Å². The van der Waals surface area contributed by atoms with Gasteiger partial charge in [0.2, 0.25) is 12.7 Å². The number of amides is 1. The second-order valence-electron chi connectivity index (χ2n) is 7.25. The number of benzene rings is 2. The van der Waals surface area contributed by atoms with Crippen molar-refractivity contribution in [1.82, 2.24) is 9.80 Å². The predicted molar refractivity (Wildman–Crippen MR) is 104 cm³/mol. The van der Waals surface area contributed by atoms with Crippen LogP contribution >= 0.6 is 0 Å². The summed E-state index contributed by atoms with van der Waals surface area (Å²) in [6.07, 6.45) is 0.131. The van der Waals surface area contributed by atoms with Crippen molar-refractivity contribution in [2.75, 3.05) is 33.0 Å². The molecule has 2 aliphatic rings. The summed E-state index contributed by atoms with van der Waals surface area (Å²) >= 11 is 0. The minimum atomic E-state index is -0.540. The summed E-state index contributed by atoms with van der Waals surface area (Å²) in [4.78, 5) is 28.7. The van der Waals surface area contributed by atoms with Crippen LogP contribution in [-0.4, -0.2) is 54.5 Å². The quantitative estimate of drug-likeness (QED) is 0.701. The molecule has 0 N–H and O–H groups in total. The summed E-state index contributed by atoms with van der Waals surface area (Å²) in [5.74, 6) is 0.613. The van der Waals surface area contributed by atoms with Gasteiger partial charge in [0.1, 0.15) is 5.82 Å². The second-order valence-corrected chi connectivity index (χ2v) is 7.25. The van der Waals surface area contributed by atoms with Crippen LogP contribution in [0.1, 0.15) is 28.8 Å². The van der Waals surface area contributed by atoms with Crippen molar-refractivity contribution in [3.05, 3.63) is 59.4 Å². The van der Waals surface area contributed by atoms with Gasteiger partial charge in [-0.15, -0.1) is 0 Å².